The number of hydrogen-bond donors (Lipinski definition) is 2. The largest absolute Gasteiger partial charge is 0.481 e. The van der Waals surface area contributed by atoms with Crippen LogP contribution in [0.25, 0.3) is 0 Å². The van der Waals surface area contributed by atoms with Gasteiger partial charge in [0.05, 0.1) is 11.6 Å². The highest BCUT2D eigenvalue weighted by Gasteiger charge is 2.22. The van der Waals surface area contributed by atoms with Gasteiger partial charge in [0.2, 0.25) is 0 Å². The van der Waals surface area contributed by atoms with E-state index >= 15 is 0 Å². The molecule has 2 aromatic rings. The monoisotopic (exact) mass is 257 g/mol. The van der Waals surface area contributed by atoms with E-state index in [2.05, 4.69) is 4.98 Å². The van der Waals surface area contributed by atoms with Crippen molar-refractivity contribution in [1.82, 2.24) is 4.98 Å². The number of Topliss-reactive ketones (excluding diaryl/α,β-unsaturated/α-hetero) is 1. The summed E-state index contributed by atoms with van der Waals surface area (Å²) in [6.07, 6.45) is 2.02. The average molecular weight is 257 g/mol. The number of ketones is 1. The predicted octanol–water partition coefficient (Wildman–Crippen LogP) is 2.53. The highest BCUT2D eigenvalue weighted by Crippen LogP contribution is 2.15. The first kappa shape index (κ1) is 13.1. The van der Waals surface area contributed by atoms with Crippen molar-refractivity contribution in [1.29, 1.82) is 0 Å². The van der Waals surface area contributed by atoms with Gasteiger partial charge in [0, 0.05) is 12.6 Å². The lowest BCUT2D eigenvalue weighted by Crippen LogP contribution is -2.20. The summed E-state index contributed by atoms with van der Waals surface area (Å²) < 4.78 is 0. The van der Waals surface area contributed by atoms with E-state index in [1.54, 1.807) is 18.3 Å². The molecule has 0 aliphatic rings. The molecule has 0 bridgehead atoms. The lowest BCUT2D eigenvalue weighted by atomic mass is 9.93. The maximum Gasteiger partial charge on any atom is 0.307 e. The van der Waals surface area contributed by atoms with Crippen molar-refractivity contribution in [2.45, 2.75) is 12.8 Å². The zero-order valence-corrected chi connectivity index (χ0v) is 10.4. The Labute approximate surface area is 111 Å². The first-order valence-electron chi connectivity index (χ1n) is 6.10. The zero-order valence-electron chi connectivity index (χ0n) is 10.4. The zero-order chi connectivity index (χ0) is 13.7. The Morgan fingerprint density at radius 3 is 2.42 bits per heavy atom. The van der Waals surface area contributed by atoms with E-state index < -0.39 is 11.9 Å². The molecule has 0 saturated heterocycles. The Balaban J connectivity index is 2.05. The quantitative estimate of drug-likeness (QED) is 0.781. The Morgan fingerprint density at radius 2 is 1.84 bits per heavy atom. The second-order valence-electron chi connectivity index (χ2n) is 4.44. The van der Waals surface area contributed by atoms with Gasteiger partial charge >= 0.3 is 5.97 Å². The van der Waals surface area contributed by atoms with Crippen molar-refractivity contribution in [3.05, 3.63) is 59.9 Å². The van der Waals surface area contributed by atoms with Crippen LogP contribution in [0.4, 0.5) is 0 Å². The molecule has 2 rings (SSSR count). The number of carboxylic acids is 1. The number of carbonyl (C=O) groups is 2. The number of rotatable bonds is 6. The number of benzene rings is 1. The number of aromatic amines is 1. The fourth-order valence-corrected chi connectivity index (χ4v) is 1.98. The maximum atomic E-state index is 11.9. The SMILES string of the molecule is O=C(C[C@@H](Cc1ccccc1)C(=O)O)c1ccc[nH]1. The molecule has 98 valence electrons. The molecule has 0 aliphatic heterocycles. The topological polar surface area (TPSA) is 70.2 Å². The van der Waals surface area contributed by atoms with Crippen LogP contribution in [0.15, 0.2) is 48.7 Å². The summed E-state index contributed by atoms with van der Waals surface area (Å²) in [5, 5.41) is 9.22. The molecule has 0 saturated carbocycles. The van der Waals surface area contributed by atoms with Gasteiger partial charge in [-0.05, 0) is 24.1 Å². The highest BCUT2D eigenvalue weighted by atomic mass is 16.4. The van der Waals surface area contributed by atoms with Gasteiger partial charge in [0.15, 0.2) is 5.78 Å². The minimum absolute atomic E-state index is 0.00470. The molecule has 0 unspecified atom stereocenters. The molecule has 4 nitrogen and oxygen atoms in total. The molecular weight excluding hydrogens is 242 g/mol. The summed E-state index contributed by atoms with van der Waals surface area (Å²) in [7, 11) is 0. The van der Waals surface area contributed by atoms with E-state index in [0.717, 1.165) is 5.56 Å². The third-order valence-electron chi connectivity index (χ3n) is 3.00. The molecular formula is C15H15NO3. The van der Waals surface area contributed by atoms with Crippen LogP contribution in [-0.2, 0) is 11.2 Å². The van der Waals surface area contributed by atoms with Crippen LogP contribution in [0.1, 0.15) is 22.5 Å². The van der Waals surface area contributed by atoms with E-state index in [9.17, 15) is 14.7 Å². The highest BCUT2D eigenvalue weighted by molar-refractivity contribution is 5.96. The Hall–Kier alpha value is -2.36. The molecule has 1 aromatic heterocycles. The Bertz CT molecular complexity index is 546. The molecule has 0 fully saturated rings. The number of carboxylic acid groups (broad SMARTS) is 1. The third kappa shape index (κ3) is 3.55. The molecule has 0 aliphatic carbocycles. The summed E-state index contributed by atoms with van der Waals surface area (Å²) in [4.78, 5) is 26.0. The summed E-state index contributed by atoms with van der Waals surface area (Å²) in [5.41, 5.74) is 1.38. The van der Waals surface area contributed by atoms with Gasteiger partial charge in [0.25, 0.3) is 0 Å². The van der Waals surface area contributed by atoms with Crippen molar-refractivity contribution in [2.75, 3.05) is 0 Å². The summed E-state index contributed by atoms with van der Waals surface area (Å²) in [5.74, 6) is -1.81. The van der Waals surface area contributed by atoms with Gasteiger partial charge in [-0.3, -0.25) is 9.59 Å². The van der Waals surface area contributed by atoms with Crippen LogP contribution in [0.5, 0.6) is 0 Å². The molecule has 1 atom stereocenters. The second kappa shape index (κ2) is 6.00. The first-order chi connectivity index (χ1) is 9.16. The number of aliphatic carboxylic acids is 1. The predicted molar refractivity (Wildman–Crippen MR) is 71.0 cm³/mol. The number of aromatic nitrogens is 1. The van der Waals surface area contributed by atoms with Crippen LogP contribution < -0.4 is 0 Å². The normalized spacial score (nSPS) is 12.0. The van der Waals surface area contributed by atoms with Gasteiger partial charge in [-0.15, -0.1) is 0 Å². The minimum atomic E-state index is -0.941. The Kier molecular flexibility index (Phi) is 4.13. The number of carbonyl (C=O) groups excluding carboxylic acids is 1. The average Bonchev–Trinajstić information content (AvgIpc) is 2.93. The third-order valence-corrected chi connectivity index (χ3v) is 3.00. The van der Waals surface area contributed by atoms with Crippen LogP contribution in [-0.4, -0.2) is 21.8 Å². The van der Waals surface area contributed by atoms with Crippen LogP contribution in [0.3, 0.4) is 0 Å². The smallest absolute Gasteiger partial charge is 0.307 e. The fourth-order valence-electron chi connectivity index (χ4n) is 1.98. The maximum absolute atomic E-state index is 11.9. The molecule has 19 heavy (non-hydrogen) atoms. The van der Waals surface area contributed by atoms with Gasteiger partial charge in [-0.1, -0.05) is 30.3 Å². The Morgan fingerprint density at radius 1 is 1.11 bits per heavy atom. The molecule has 1 heterocycles. The van der Waals surface area contributed by atoms with E-state index in [1.807, 2.05) is 30.3 Å². The molecule has 0 spiro atoms. The van der Waals surface area contributed by atoms with Crippen molar-refractivity contribution in [2.24, 2.45) is 5.92 Å². The van der Waals surface area contributed by atoms with Gasteiger partial charge in [0.1, 0.15) is 0 Å². The van der Waals surface area contributed by atoms with E-state index in [-0.39, 0.29) is 12.2 Å². The number of hydrogen-bond acceptors (Lipinski definition) is 2. The van der Waals surface area contributed by atoms with Gasteiger partial charge in [-0.25, -0.2) is 0 Å². The summed E-state index contributed by atoms with van der Waals surface area (Å²) in [6, 6.07) is 12.7. The molecule has 1 aromatic carbocycles. The lowest BCUT2D eigenvalue weighted by Gasteiger charge is -2.11. The standard InChI is InChI=1S/C15H15NO3/c17-14(13-7-4-8-16-13)10-12(15(18)19)9-11-5-2-1-3-6-11/h1-8,12,16H,9-10H2,(H,18,19)/t12-/m1/s1. The van der Waals surface area contributed by atoms with Crippen molar-refractivity contribution in [3.8, 4) is 0 Å². The molecule has 0 radical (unpaired) electrons. The van der Waals surface area contributed by atoms with E-state index in [1.165, 1.54) is 0 Å². The summed E-state index contributed by atoms with van der Waals surface area (Å²) >= 11 is 0. The number of H-pyrrole nitrogens is 1. The van der Waals surface area contributed by atoms with Crippen LogP contribution in [0, 0.1) is 5.92 Å². The fraction of sp³-hybridized carbons (Fsp3) is 0.200. The second-order valence-corrected chi connectivity index (χ2v) is 4.44. The van der Waals surface area contributed by atoms with Crippen molar-refractivity contribution in [3.63, 3.8) is 0 Å². The number of nitrogens with one attached hydrogen (secondary N) is 1. The van der Waals surface area contributed by atoms with Crippen molar-refractivity contribution >= 4 is 11.8 Å². The molecule has 2 N–H and O–H groups in total. The molecule has 4 heteroatoms. The van der Waals surface area contributed by atoms with Gasteiger partial charge in [-0.2, -0.15) is 0 Å². The minimum Gasteiger partial charge on any atom is -0.481 e. The van der Waals surface area contributed by atoms with Crippen molar-refractivity contribution < 1.29 is 14.7 Å². The van der Waals surface area contributed by atoms with Gasteiger partial charge < -0.3 is 10.1 Å². The van der Waals surface area contributed by atoms with E-state index in [4.69, 9.17) is 0 Å². The van der Waals surface area contributed by atoms with Crippen LogP contribution in [0.2, 0.25) is 0 Å². The summed E-state index contributed by atoms with van der Waals surface area (Å²) in [6.45, 7) is 0. The molecule has 0 amide bonds. The van der Waals surface area contributed by atoms with E-state index in [0.29, 0.717) is 12.1 Å². The van der Waals surface area contributed by atoms with Crippen LogP contribution >= 0.6 is 0 Å². The first-order valence-corrected chi connectivity index (χ1v) is 6.10. The lowest BCUT2D eigenvalue weighted by molar-refractivity contribution is -0.141.